The van der Waals surface area contributed by atoms with Gasteiger partial charge in [-0.3, -0.25) is 0 Å². The van der Waals surface area contributed by atoms with Crippen molar-refractivity contribution >= 4 is 27.6 Å². The van der Waals surface area contributed by atoms with Crippen molar-refractivity contribution in [1.29, 1.82) is 0 Å². The van der Waals surface area contributed by atoms with Gasteiger partial charge in [0.1, 0.15) is 16.6 Å². The number of aromatic nitrogens is 3. The standard InChI is InChI=1S/C21H24ClN5O4S/c1-2-16(32(24,28)29)13-4-3-5-14(17(13)22)18-19(15-6-9-25-21(23)26-15)31-20(27-18)12-7-10-30-11-8-12/h3-6,9,12,16H,2,7-8,10-11H2,1H3,(H2,23,25,26)(H2,24,28,29). The monoisotopic (exact) mass is 477 g/mol. The maximum atomic E-state index is 12.1. The molecule has 3 heterocycles. The van der Waals surface area contributed by atoms with Crippen molar-refractivity contribution < 1.29 is 17.6 Å². The zero-order valence-electron chi connectivity index (χ0n) is 17.5. The van der Waals surface area contributed by atoms with Gasteiger partial charge in [-0.1, -0.05) is 36.7 Å². The minimum absolute atomic E-state index is 0.0882. The fourth-order valence-electron chi connectivity index (χ4n) is 3.92. The van der Waals surface area contributed by atoms with Crippen LogP contribution in [-0.2, 0) is 14.8 Å². The molecule has 0 amide bonds. The number of sulfonamides is 1. The van der Waals surface area contributed by atoms with Crippen LogP contribution in [0.15, 0.2) is 34.9 Å². The Morgan fingerprint density at radius 2 is 1.97 bits per heavy atom. The summed E-state index contributed by atoms with van der Waals surface area (Å²) in [5, 5.41) is 4.77. The third-order valence-electron chi connectivity index (χ3n) is 5.52. The van der Waals surface area contributed by atoms with E-state index in [-0.39, 0.29) is 23.3 Å². The number of benzene rings is 1. The van der Waals surface area contributed by atoms with Gasteiger partial charge in [0.25, 0.3) is 0 Å². The molecule has 0 spiro atoms. The average Bonchev–Trinajstić information content (AvgIpc) is 3.20. The topological polar surface area (TPSA) is 147 Å². The first-order valence-electron chi connectivity index (χ1n) is 10.3. The first kappa shape index (κ1) is 22.7. The molecule has 1 aliphatic rings. The van der Waals surface area contributed by atoms with Gasteiger partial charge in [-0.05, 0) is 30.9 Å². The SMILES string of the molecule is CCC(c1cccc(-c2nc(C3CCOCC3)oc2-c2ccnc(N)n2)c1Cl)S(N)(=O)=O. The summed E-state index contributed by atoms with van der Waals surface area (Å²) in [7, 11) is -3.85. The second-order valence-corrected chi connectivity index (χ2v) is 9.74. The van der Waals surface area contributed by atoms with Crippen molar-refractivity contribution in [2.75, 3.05) is 18.9 Å². The smallest absolute Gasteiger partial charge is 0.220 e. The Hall–Kier alpha value is -2.53. The van der Waals surface area contributed by atoms with E-state index in [4.69, 9.17) is 36.6 Å². The van der Waals surface area contributed by atoms with Crippen LogP contribution in [0.4, 0.5) is 5.95 Å². The number of nitrogens with two attached hydrogens (primary N) is 2. The second-order valence-electron chi connectivity index (χ2n) is 7.61. The molecule has 0 saturated carbocycles. The molecule has 1 saturated heterocycles. The van der Waals surface area contributed by atoms with Gasteiger partial charge in [0.05, 0.1) is 5.02 Å². The van der Waals surface area contributed by atoms with Gasteiger partial charge in [-0.15, -0.1) is 0 Å². The Labute approximate surface area is 191 Å². The molecule has 1 aromatic carbocycles. The molecule has 1 fully saturated rings. The average molecular weight is 478 g/mol. The number of primary sulfonamides is 1. The quantitative estimate of drug-likeness (QED) is 0.546. The fourth-order valence-corrected chi connectivity index (χ4v) is 5.35. The molecule has 11 heteroatoms. The minimum Gasteiger partial charge on any atom is -0.438 e. The van der Waals surface area contributed by atoms with E-state index in [1.165, 1.54) is 6.20 Å². The Morgan fingerprint density at radius 3 is 2.62 bits per heavy atom. The summed E-state index contributed by atoms with van der Waals surface area (Å²) >= 11 is 6.73. The molecular formula is C21H24ClN5O4S. The lowest BCUT2D eigenvalue weighted by atomic mass is 10.0. The first-order valence-corrected chi connectivity index (χ1v) is 12.3. The van der Waals surface area contributed by atoms with Crippen molar-refractivity contribution in [1.82, 2.24) is 15.0 Å². The van der Waals surface area contributed by atoms with Crippen molar-refractivity contribution in [2.24, 2.45) is 5.14 Å². The van der Waals surface area contributed by atoms with Crippen LogP contribution >= 0.6 is 11.6 Å². The van der Waals surface area contributed by atoms with Gasteiger partial charge in [0.2, 0.25) is 16.0 Å². The van der Waals surface area contributed by atoms with Crippen LogP contribution in [-0.4, -0.2) is 36.6 Å². The highest BCUT2D eigenvalue weighted by Gasteiger charge is 2.29. The van der Waals surface area contributed by atoms with E-state index >= 15 is 0 Å². The van der Waals surface area contributed by atoms with Gasteiger partial charge in [-0.2, -0.15) is 0 Å². The molecule has 0 bridgehead atoms. The summed E-state index contributed by atoms with van der Waals surface area (Å²) in [6.07, 6.45) is 3.37. The zero-order chi connectivity index (χ0) is 22.9. The Morgan fingerprint density at radius 1 is 1.22 bits per heavy atom. The number of halogens is 1. The molecule has 0 radical (unpaired) electrons. The largest absolute Gasteiger partial charge is 0.438 e. The molecule has 2 aromatic heterocycles. The van der Waals surface area contributed by atoms with Crippen molar-refractivity contribution in [2.45, 2.75) is 37.4 Å². The number of nitrogen functional groups attached to an aromatic ring is 1. The Balaban J connectivity index is 1.89. The van der Waals surface area contributed by atoms with E-state index in [1.54, 1.807) is 31.2 Å². The van der Waals surface area contributed by atoms with E-state index in [0.717, 1.165) is 12.8 Å². The maximum Gasteiger partial charge on any atom is 0.220 e. The van der Waals surface area contributed by atoms with Crippen LogP contribution in [0.3, 0.4) is 0 Å². The van der Waals surface area contributed by atoms with Crippen LogP contribution in [0, 0.1) is 0 Å². The lowest BCUT2D eigenvalue weighted by molar-refractivity contribution is 0.0796. The number of ether oxygens (including phenoxy) is 1. The predicted octanol–water partition coefficient (Wildman–Crippen LogP) is 3.67. The molecular weight excluding hydrogens is 454 g/mol. The summed E-state index contributed by atoms with van der Waals surface area (Å²) < 4.78 is 35.9. The zero-order valence-corrected chi connectivity index (χ0v) is 19.1. The highest BCUT2D eigenvalue weighted by molar-refractivity contribution is 7.89. The highest BCUT2D eigenvalue weighted by Crippen LogP contribution is 2.42. The molecule has 3 aromatic rings. The molecule has 1 unspecified atom stereocenters. The molecule has 4 rings (SSSR count). The van der Waals surface area contributed by atoms with Crippen LogP contribution in [0.2, 0.25) is 5.02 Å². The van der Waals surface area contributed by atoms with Crippen LogP contribution in [0.1, 0.15) is 48.8 Å². The number of oxazole rings is 1. The van der Waals surface area contributed by atoms with Gasteiger partial charge >= 0.3 is 0 Å². The third-order valence-corrected chi connectivity index (χ3v) is 7.32. The summed E-state index contributed by atoms with van der Waals surface area (Å²) in [6.45, 7) is 2.99. The first-order chi connectivity index (χ1) is 15.3. The van der Waals surface area contributed by atoms with Gasteiger partial charge in [0.15, 0.2) is 11.7 Å². The van der Waals surface area contributed by atoms with Gasteiger partial charge < -0.3 is 14.9 Å². The maximum absolute atomic E-state index is 12.1. The van der Waals surface area contributed by atoms with Crippen molar-refractivity contribution in [3.8, 4) is 22.7 Å². The molecule has 32 heavy (non-hydrogen) atoms. The van der Waals surface area contributed by atoms with Crippen LogP contribution in [0.25, 0.3) is 22.7 Å². The number of nitrogens with zero attached hydrogens (tertiary/aromatic N) is 3. The van der Waals surface area contributed by atoms with Gasteiger partial charge in [-0.25, -0.2) is 28.5 Å². The highest BCUT2D eigenvalue weighted by atomic mass is 35.5. The lowest BCUT2D eigenvalue weighted by Gasteiger charge is -2.18. The summed E-state index contributed by atoms with van der Waals surface area (Å²) in [5.74, 6) is 1.13. The normalized spacial score (nSPS) is 16.2. The van der Waals surface area contributed by atoms with Crippen molar-refractivity contribution in [3.63, 3.8) is 0 Å². The number of anilines is 1. The predicted molar refractivity (Wildman–Crippen MR) is 121 cm³/mol. The lowest BCUT2D eigenvalue weighted by Crippen LogP contribution is -2.21. The second kappa shape index (κ2) is 9.14. The molecule has 170 valence electrons. The van der Waals surface area contributed by atoms with E-state index in [9.17, 15) is 8.42 Å². The third kappa shape index (κ3) is 4.49. The number of hydrogen-bond acceptors (Lipinski definition) is 8. The Bertz CT molecular complexity index is 1220. The van der Waals surface area contributed by atoms with E-state index in [0.29, 0.717) is 47.4 Å². The van der Waals surface area contributed by atoms with Crippen LogP contribution < -0.4 is 10.9 Å². The molecule has 4 N–H and O–H groups in total. The fraction of sp³-hybridized carbons (Fsp3) is 0.381. The van der Waals surface area contributed by atoms with Crippen LogP contribution in [0.5, 0.6) is 0 Å². The minimum atomic E-state index is -3.85. The van der Waals surface area contributed by atoms with E-state index < -0.39 is 15.3 Å². The Kier molecular flexibility index (Phi) is 6.47. The molecule has 9 nitrogen and oxygen atoms in total. The molecule has 1 atom stereocenters. The number of rotatable bonds is 6. The summed E-state index contributed by atoms with van der Waals surface area (Å²) in [5.41, 5.74) is 7.65. The molecule has 0 aliphatic carbocycles. The summed E-state index contributed by atoms with van der Waals surface area (Å²) in [4.78, 5) is 13.0. The van der Waals surface area contributed by atoms with Gasteiger partial charge in [0, 0.05) is 30.9 Å². The van der Waals surface area contributed by atoms with Crippen molar-refractivity contribution in [3.05, 3.63) is 46.9 Å². The molecule has 1 aliphatic heterocycles. The number of hydrogen-bond donors (Lipinski definition) is 2. The van der Waals surface area contributed by atoms with E-state index in [1.807, 2.05) is 0 Å². The summed E-state index contributed by atoms with van der Waals surface area (Å²) in [6, 6.07) is 6.82. The van der Waals surface area contributed by atoms with E-state index in [2.05, 4.69) is 9.97 Å².